The van der Waals surface area contributed by atoms with Crippen molar-refractivity contribution in [2.45, 2.75) is 19.3 Å². The largest absolute Gasteiger partial charge is 0.0585 e. The molecule has 0 heterocycles. The van der Waals surface area contributed by atoms with E-state index in [0.717, 1.165) is 15.4 Å². The van der Waals surface area contributed by atoms with E-state index < -0.39 is 0 Å². The number of aryl methyl sites for hydroxylation is 2. The minimum absolute atomic E-state index is 1.01. The molecule has 1 aliphatic carbocycles. The Labute approximate surface area is 118 Å². The molecular formula is C15H12Br2. The monoisotopic (exact) mass is 350 g/mol. The molecule has 0 nitrogen and oxygen atoms in total. The zero-order valence-corrected chi connectivity index (χ0v) is 12.5. The maximum Gasteiger partial charge on any atom is 0.0189 e. The minimum atomic E-state index is 1.01. The van der Waals surface area contributed by atoms with E-state index in [2.05, 4.69) is 68.3 Å². The maximum absolute atomic E-state index is 3.53. The summed E-state index contributed by atoms with van der Waals surface area (Å²) in [6.07, 6.45) is 3.52. The quantitative estimate of drug-likeness (QED) is 0.721. The Morgan fingerprint density at radius 1 is 0.765 bits per heavy atom. The summed E-state index contributed by atoms with van der Waals surface area (Å²) in [6, 6.07) is 13.3. The third kappa shape index (κ3) is 2.48. The molecule has 2 heteroatoms. The first-order valence-electron chi connectivity index (χ1n) is 5.76. The van der Waals surface area contributed by atoms with E-state index in [-0.39, 0.29) is 0 Å². The summed E-state index contributed by atoms with van der Waals surface area (Å²) >= 11 is 7.07. The molecule has 1 aliphatic rings. The summed E-state index contributed by atoms with van der Waals surface area (Å²) < 4.78 is 2.26. The molecular weight excluding hydrogens is 340 g/mol. The number of halogens is 2. The summed E-state index contributed by atoms with van der Waals surface area (Å²) in [7, 11) is 0. The van der Waals surface area contributed by atoms with E-state index in [1.54, 1.807) is 0 Å². The molecule has 17 heavy (non-hydrogen) atoms. The Hall–Kier alpha value is -0.600. The van der Waals surface area contributed by atoms with Crippen LogP contribution in [0.1, 0.15) is 22.3 Å². The topological polar surface area (TPSA) is 0 Å². The van der Waals surface area contributed by atoms with Gasteiger partial charge in [0, 0.05) is 8.95 Å². The Balaban J connectivity index is 1.88. The highest BCUT2D eigenvalue weighted by atomic mass is 79.9. The van der Waals surface area contributed by atoms with Crippen LogP contribution in [0.25, 0.3) is 0 Å². The van der Waals surface area contributed by atoms with Crippen LogP contribution in [-0.4, -0.2) is 0 Å². The summed E-state index contributed by atoms with van der Waals surface area (Å²) in [5, 5.41) is 0. The van der Waals surface area contributed by atoms with Crippen LogP contribution in [0.3, 0.4) is 0 Å². The summed E-state index contributed by atoms with van der Waals surface area (Å²) in [4.78, 5) is 0. The van der Waals surface area contributed by atoms with E-state index in [9.17, 15) is 0 Å². The normalized spacial score (nSPS) is 13.1. The molecule has 0 N–H and O–H groups in total. The Morgan fingerprint density at radius 3 is 2.06 bits per heavy atom. The molecule has 86 valence electrons. The molecule has 0 saturated carbocycles. The van der Waals surface area contributed by atoms with Gasteiger partial charge >= 0.3 is 0 Å². The van der Waals surface area contributed by atoms with Crippen molar-refractivity contribution < 1.29 is 0 Å². The van der Waals surface area contributed by atoms with Crippen molar-refractivity contribution in [2.75, 3.05) is 0 Å². The Kier molecular flexibility index (Phi) is 3.10. The predicted octanol–water partition coefficient (Wildman–Crippen LogP) is 4.90. The zero-order valence-electron chi connectivity index (χ0n) is 9.34. The van der Waals surface area contributed by atoms with Gasteiger partial charge in [0.25, 0.3) is 0 Å². The number of rotatable bonds is 2. The number of fused-ring (bicyclic) bond motifs is 1. The van der Waals surface area contributed by atoms with Gasteiger partial charge in [-0.3, -0.25) is 0 Å². The van der Waals surface area contributed by atoms with Crippen LogP contribution in [0.4, 0.5) is 0 Å². The second-order valence-electron chi connectivity index (χ2n) is 4.56. The fraction of sp³-hybridized carbons (Fsp3) is 0.200. The molecule has 0 saturated heterocycles. The molecule has 0 atom stereocenters. The molecule has 2 aromatic rings. The number of hydrogen-bond acceptors (Lipinski definition) is 0. The van der Waals surface area contributed by atoms with Crippen LogP contribution in [-0.2, 0) is 19.3 Å². The van der Waals surface area contributed by atoms with Gasteiger partial charge in [0.1, 0.15) is 0 Å². The molecule has 0 amide bonds. The highest BCUT2D eigenvalue weighted by Gasteiger charge is 2.12. The first-order valence-corrected chi connectivity index (χ1v) is 7.35. The van der Waals surface area contributed by atoms with Gasteiger partial charge in [-0.15, -0.1) is 0 Å². The lowest BCUT2D eigenvalue weighted by molar-refractivity contribution is 0.834. The summed E-state index contributed by atoms with van der Waals surface area (Å²) in [5.41, 5.74) is 5.82. The van der Waals surface area contributed by atoms with E-state index >= 15 is 0 Å². The van der Waals surface area contributed by atoms with E-state index in [1.165, 1.54) is 35.1 Å². The van der Waals surface area contributed by atoms with E-state index in [0.29, 0.717) is 0 Å². The smallest absolute Gasteiger partial charge is 0.0189 e. The highest BCUT2D eigenvalue weighted by Crippen LogP contribution is 2.26. The fourth-order valence-corrected chi connectivity index (χ4v) is 3.70. The molecule has 0 fully saturated rings. The number of hydrogen-bond donors (Lipinski definition) is 0. The van der Waals surface area contributed by atoms with Crippen molar-refractivity contribution >= 4 is 31.9 Å². The minimum Gasteiger partial charge on any atom is -0.0585 e. The molecule has 0 bridgehead atoms. The maximum atomic E-state index is 3.53. The second kappa shape index (κ2) is 4.58. The predicted molar refractivity (Wildman–Crippen MR) is 78.5 cm³/mol. The zero-order chi connectivity index (χ0) is 11.8. The van der Waals surface area contributed by atoms with Crippen molar-refractivity contribution in [2.24, 2.45) is 0 Å². The molecule has 2 aromatic carbocycles. The third-order valence-corrected chi connectivity index (χ3v) is 4.18. The van der Waals surface area contributed by atoms with Crippen molar-refractivity contribution in [1.82, 2.24) is 0 Å². The lowest BCUT2D eigenvalue weighted by atomic mass is 9.86. The molecule has 3 rings (SSSR count). The van der Waals surface area contributed by atoms with Gasteiger partial charge in [0.2, 0.25) is 0 Å². The Bertz CT molecular complexity index is 553. The molecule has 0 aliphatic heterocycles. The third-order valence-electron chi connectivity index (χ3n) is 3.26. The van der Waals surface area contributed by atoms with Crippen LogP contribution in [0.15, 0.2) is 45.3 Å². The van der Waals surface area contributed by atoms with Gasteiger partial charge in [-0.2, -0.15) is 0 Å². The average molecular weight is 352 g/mol. The summed E-state index contributed by atoms with van der Waals surface area (Å²) in [6.45, 7) is 0. The van der Waals surface area contributed by atoms with Crippen LogP contribution >= 0.6 is 31.9 Å². The van der Waals surface area contributed by atoms with E-state index in [1.807, 2.05) is 0 Å². The van der Waals surface area contributed by atoms with Crippen molar-refractivity contribution in [3.8, 4) is 0 Å². The lowest BCUT2D eigenvalue weighted by Crippen LogP contribution is -2.08. The van der Waals surface area contributed by atoms with Gasteiger partial charge in [-0.25, -0.2) is 0 Å². The first-order chi connectivity index (χ1) is 8.20. The van der Waals surface area contributed by atoms with Crippen molar-refractivity contribution in [3.63, 3.8) is 0 Å². The fourth-order valence-electron chi connectivity index (χ4n) is 2.31. The number of benzene rings is 2. The second-order valence-corrected chi connectivity index (χ2v) is 6.39. The average Bonchev–Trinajstić information content (AvgIpc) is 2.21. The van der Waals surface area contributed by atoms with Crippen LogP contribution in [0.2, 0.25) is 0 Å². The molecule has 0 aromatic heterocycles. The van der Waals surface area contributed by atoms with Gasteiger partial charge in [-0.1, -0.05) is 50.1 Å². The van der Waals surface area contributed by atoms with Gasteiger partial charge in [0.15, 0.2) is 0 Å². The van der Waals surface area contributed by atoms with Crippen LogP contribution in [0.5, 0.6) is 0 Å². The van der Waals surface area contributed by atoms with E-state index in [4.69, 9.17) is 0 Å². The van der Waals surface area contributed by atoms with Crippen molar-refractivity contribution in [3.05, 3.63) is 67.6 Å². The summed E-state index contributed by atoms with van der Waals surface area (Å²) in [5.74, 6) is 0. The molecule has 0 unspecified atom stereocenters. The SMILES string of the molecule is Brc1cc(Br)cc(Cc2ccc3c(c2)CC3)c1. The van der Waals surface area contributed by atoms with Crippen LogP contribution in [0, 0.1) is 0 Å². The van der Waals surface area contributed by atoms with Gasteiger partial charge in [-0.05, 0) is 59.7 Å². The highest BCUT2D eigenvalue weighted by molar-refractivity contribution is 9.11. The lowest BCUT2D eigenvalue weighted by Gasteiger charge is -2.19. The van der Waals surface area contributed by atoms with Gasteiger partial charge in [0.05, 0.1) is 0 Å². The van der Waals surface area contributed by atoms with Gasteiger partial charge < -0.3 is 0 Å². The Morgan fingerprint density at radius 2 is 1.47 bits per heavy atom. The first kappa shape index (κ1) is 11.5. The standard InChI is InChI=1S/C15H12Br2/c16-14-7-11(8-15(17)9-14)5-10-1-2-12-3-4-13(12)6-10/h1-2,6-9H,3-5H2. The molecule has 0 radical (unpaired) electrons. The van der Waals surface area contributed by atoms with Crippen LogP contribution < -0.4 is 0 Å². The van der Waals surface area contributed by atoms with Crippen molar-refractivity contribution in [1.29, 1.82) is 0 Å². The molecule has 0 spiro atoms.